The van der Waals surface area contributed by atoms with Crippen LogP contribution in [0.4, 0.5) is 0 Å². The Labute approximate surface area is 126 Å². The zero-order chi connectivity index (χ0) is 14.9. The lowest BCUT2D eigenvalue weighted by Gasteiger charge is -1.96. The topological polar surface area (TPSA) is 17.1 Å². The van der Waals surface area contributed by atoms with Crippen LogP contribution in [-0.2, 0) is 4.79 Å². The van der Waals surface area contributed by atoms with Gasteiger partial charge in [0.1, 0.15) is 6.29 Å². The van der Waals surface area contributed by atoms with Crippen molar-refractivity contribution in [2.45, 2.75) is 6.92 Å². The summed E-state index contributed by atoms with van der Waals surface area (Å²) in [5.74, 6) is 0. The van der Waals surface area contributed by atoms with Crippen molar-refractivity contribution in [3.8, 4) is 0 Å². The molecule has 0 spiro atoms. The smallest absolute Gasteiger partial charge is 0.150 e. The van der Waals surface area contributed by atoms with Crippen LogP contribution < -0.4 is 0 Å². The van der Waals surface area contributed by atoms with E-state index in [0.29, 0.717) is 5.57 Å². The molecule has 104 valence electrons. The van der Waals surface area contributed by atoms with Gasteiger partial charge in [0.05, 0.1) is 0 Å². The third kappa shape index (κ3) is 5.07. The number of aldehydes is 1. The molecule has 0 aliphatic rings. The van der Waals surface area contributed by atoms with Crippen molar-refractivity contribution in [3.05, 3.63) is 95.1 Å². The summed E-state index contributed by atoms with van der Waals surface area (Å²) in [6.45, 7) is 2.02. The normalized spacial score (nSPS) is 12.6. The first-order chi connectivity index (χ1) is 10.3. The predicted octanol–water partition coefficient (Wildman–Crippen LogP) is 4.93. The van der Waals surface area contributed by atoms with Crippen LogP contribution in [0.3, 0.4) is 0 Å². The zero-order valence-corrected chi connectivity index (χ0v) is 12.1. The molecule has 21 heavy (non-hydrogen) atoms. The molecular formula is C20H18O. The highest BCUT2D eigenvalue weighted by atomic mass is 16.1. The number of carbonyl (C=O) groups excluding carboxylic acids is 1. The molecule has 0 aliphatic heterocycles. The number of hydrogen-bond donors (Lipinski definition) is 0. The summed E-state index contributed by atoms with van der Waals surface area (Å²) in [7, 11) is 0. The van der Waals surface area contributed by atoms with Gasteiger partial charge in [0.2, 0.25) is 0 Å². The van der Waals surface area contributed by atoms with Crippen LogP contribution in [0.1, 0.15) is 18.1 Å². The van der Waals surface area contributed by atoms with Crippen LogP contribution in [-0.4, -0.2) is 6.29 Å². The van der Waals surface area contributed by atoms with Crippen molar-refractivity contribution in [2.75, 3.05) is 0 Å². The standard InChI is InChI=1S/C20H18O/c1-17(14-18-8-4-2-5-9-18)12-13-20(16-21)15-19-10-6-3-7-11-19/h2-16H,1H3/b13-12-,17-14+,20-15+. The molecule has 1 heteroatoms. The van der Waals surface area contributed by atoms with Crippen LogP contribution >= 0.6 is 0 Å². The second kappa shape index (κ2) is 7.81. The van der Waals surface area contributed by atoms with Gasteiger partial charge in [0, 0.05) is 5.57 Å². The minimum absolute atomic E-state index is 0.655. The summed E-state index contributed by atoms with van der Waals surface area (Å²) in [6, 6.07) is 19.9. The Morgan fingerprint density at radius 3 is 1.81 bits per heavy atom. The molecule has 0 atom stereocenters. The van der Waals surface area contributed by atoms with Crippen molar-refractivity contribution < 1.29 is 4.79 Å². The van der Waals surface area contributed by atoms with Crippen molar-refractivity contribution in [1.82, 2.24) is 0 Å². The first kappa shape index (κ1) is 14.7. The van der Waals surface area contributed by atoms with Crippen LogP contribution in [0, 0.1) is 0 Å². The summed E-state index contributed by atoms with van der Waals surface area (Å²) in [4.78, 5) is 11.1. The molecule has 2 rings (SSSR count). The molecule has 2 aromatic carbocycles. The van der Waals surface area contributed by atoms with Crippen molar-refractivity contribution in [1.29, 1.82) is 0 Å². The molecule has 0 aliphatic carbocycles. The Kier molecular flexibility index (Phi) is 5.48. The van der Waals surface area contributed by atoms with E-state index in [-0.39, 0.29) is 0 Å². The molecule has 0 aromatic heterocycles. The summed E-state index contributed by atoms with van der Waals surface area (Å²) in [6.07, 6.45) is 8.63. The van der Waals surface area contributed by atoms with Crippen LogP contribution in [0.2, 0.25) is 0 Å². The van der Waals surface area contributed by atoms with E-state index < -0.39 is 0 Å². The molecule has 1 nitrogen and oxygen atoms in total. The molecule has 0 saturated carbocycles. The summed E-state index contributed by atoms with van der Waals surface area (Å²) >= 11 is 0. The molecule has 0 heterocycles. The minimum atomic E-state index is 0.655. The first-order valence-electron chi connectivity index (χ1n) is 6.91. The van der Waals surface area contributed by atoms with Crippen molar-refractivity contribution in [2.24, 2.45) is 0 Å². The maximum atomic E-state index is 11.1. The number of hydrogen-bond acceptors (Lipinski definition) is 1. The number of carbonyl (C=O) groups is 1. The van der Waals surface area contributed by atoms with E-state index in [0.717, 1.165) is 23.0 Å². The molecule has 0 fully saturated rings. The van der Waals surface area contributed by atoms with Gasteiger partial charge in [-0.2, -0.15) is 0 Å². The van der Waals surface area contributed by atoms with Gasteiger partial charge >= 0.3 is 0 Å². The second-order valence-corrected chi connectivity index (χ2v) is 4.81. The molecule has 0 amide bonds. The average molecular weight is 274 g/mol. The van der Waals surface area contributed by atoms with E-state index in [2.05, 4.69) is 18.2 Å². The fraction of sp³-hybridized carbons (Fsp3) is 0.0500. The molecule has 0 radical (unpaired) electrons. The van der Waals surface area contributed by atoms with E-state index in [1.807, 2.05) is 73.7 Å². The largest absolute Gasteiger partial charge is 0.298 e. The SMILES string of the molecule is CC(/C=C\C(C=O)=C/c1ccccc1)=C\c1ccccc1. The Balaban J connectivity index is 2.13. The van der Waals surface area contributed by atoms with Crippen molar-refractivity contribution in [3.63, 3.8) is 0 Å². The minimum Gasteiger partial charge on any atom is -0.298 e. The van der Waals surface area contributed by atoms with Gasteiger partial charge in [0.15, 0.2) is 0 Å². The van der Waals surface area contributed by atoms with Gasteiger partial charge < -0.3 is 0 Å². The number of rotatable bonds is 5. The van der Waals surface area contributed by atoms with Gasteiger partial charge in [-0.1, -0.05) is 84.5 Å². The maximum Gasteiger partial charge on any atom is 0.150 e. The highest BCUT2D eigenvalue weighted by Gasteiger charge is 1.92. The van der Waals surface area contributed by atoms with Gasteiger partial charge in [-0.15, -0.1) is 0 Å². The highest BCUT2D eigenvalue weighted by Crippen LogP contribution is 2.10. The number of benzene rings is 2. The van der Waals surface area contributed by atoms with Gasteiger partial charge in [-0.3, -0.25) is 4.79 Å². The van der Waals surface area contributed by atoms with E-state index in [9.17, 15) is 4.79 Å². The van der Waals surface area contributed by atoms with E-state index in [4.69, 9.17) is 0 Å². The lowest BCUT2D eigenvalue weighted by atomic mass is 10.1. The monoisotopic (exact) mass is 274 g/mol. The molecule has 0 unspecified atom stereocenters. The molecule has 0 saturated heterocycles. The van der Waals surface area contributed by atoms with E-state index in [1.165, 1.54) is 0 Å². The Bertz CT molecular complexity index is 661. The molecule has 0 bridgehead atoms. The average Bonchev–Trinajstić information content (AvgIpc) is 2.53. The fourth-order valence-electron chi connectivity index (χ4n) is 1.95. The Hall–Kier alpha value is -2.67. The van der Waals surface area contributed by atoms with Crippen molar-refractivity contribution >= 4 is 18.4 Å². The Morgan fingerprint density at radius 2 is 1.29 bits per heavy atom. The summed E-state index contributed by atoms with van der Waals surface area (Å²) in [5.41, 5.74) is 3.93. The maximum absolute atomic E-state index is 11.1. The fourth-order valence-corrected chi connectivity index (χ4v) is 1.95. The van der Waals surface area contributed by atoms with Gasteiger partial charge in [-0.25, -0.2) is 0 Å². The molecule has 0 N–H and O–H groups in total. The molecular weight excluding hydrogens is 256 g/mol. The molecule has 2 aromatic rings. The second-order valence-electron chi connectivity index (χ2n) is 4.81. The number of allylic oxidation sites excluding steroid dienone is 4. The quantitative estimate of drug-likeness (QED) is 0.429. The lowest BCUT2D eigenvalue weighted by molar-refractivity contribution is -0.104. The van der Waals surface area contributed by atoms with E-state index in [1.54, 1.807) is 0 Å². The van der Waals surface area contributed by atoms with Crippen LogP contribution in [0.25, 0.3) is 12.2 Å². The third-order valence-corrected chi connectivity index (χ3v) is 3.00. The van der Waals surface area contributed by atoms with Crippen LogP contribution in [0.5, 0.6) is 0 Å². The first-order valence-corrected chi connectivity index (χ1v) is 6.91. The summed E-state index contributed by atoms with van der Waals surface area (Å²) < 4.78 is 0. The van der Waals surface area contributed by atoms with Gasteiger partial charge in [-0.05, 0) is 24.1 Å². The predicted molar refractivity (Wildman–Crippen MR) is 89.7 cm³/mol. The Morgan fingerprint density at radius 1 is 0.762 bits per heavy atom. The lowest BCUT2D eigenvalue weighted by Crippen LogP contribution is -1.81. The third-order valence-electron chi connectivity index (χ3n) is 3.00. The highest BCUT2D eigenvalue weighted by molar-refractivity contribution is 5.85. The van der Waals surface area contributed by atoms with Crippen LogP contribution in [0.15, 0.2) is 84.0 Å². The summed E-state index contributed by atoms with van der Waals surface area (Å²) in [5, 5.41) is 0. The zero-order valence-electron chi connectivity index (χ0n) is 12.1. The van der Waals surface area contributed by atoms with E-state index >= 15 is 0 Å². The van der Waals surface area contributed by atoms with Gasteiger partial charge in [0.25, 0.3) is 0 Å².